The lowest BCUT2D eigenvalue weighted by atomic mass is 10.0. The maximum atomic E-state index is 15.1. The average Bonchev–Trinajstić information content (AvgIpc) is 2.98. The number of nitrogens with zero attached hydrogens (tertiary/aromatic N) is 2. The first-order chi connectivity index (χ1) is 20.6. The van der Waals surface area contributed by atoms with Crippen LogP contribution in [0.1, 0.15) is 25.0 Å². The molecular weight excluding hydrogens is 589 g/mol. The first-order valence-electron chi connectivity index (χ1n) is 13.8. The van der Waals surface area contributed by atoms with E-state index in [1.54, 1.807) is 42.5 Å². The van der Waals surface area contributed by atoms with E-state index in [1.807, 2.05) is 44.2 Å². The van der Waals surface area contributed by atoms with Crippen LogP contribution in [0.4, 0.5) is 10.1 Å². The van der Waals surface area contributed by atoms with Gasteiger partial charge in [0.15, 0.2) is 0 Å². The third kappa shape index (κ3) is 8.21. The number of rotatable bonds is 12. The molecule has 0 fully saturated rings. The van der Waals surface area contributed by atoms with Crippen LogP contribution in [-0.2, 0) is 32.6 Å². The predicted molar refractivity (Wildman–Crippen MR) is 167 cm³/mol. The summed E-state index contributed by atoms with van der Waals surface area (Å²) in [6, 6.07) is 27.7. The highest BCUT2D eigenvalue weighted by molar-refractivity contribution is 7.92. The van der Waals surface area contributed by atoms with Gasteiger partial charge in [-0.2, -0.15) is 0 Å². The second-order valence-electron chi connectivity index (χ2n) is 10.3. The molecule has 0 aliphatic carbocycles. The second kappa shape index (κ2) is 14.3. The molecule has 0 bridgehead atoms. The van der Waals surface area contributed by atoms with E-state index >= 15 is 4.39 Å². The number of hydrogen-bond donors (Lipinski definition) is 1. The van der Waals surface area contributed by atoms with Gasteiger partial charge in [0.25, 0.3) is 10.0 Å². The van der Waals surface area contributed by atoms with Crippen LogP contribution in [0.5, 0.6) is 0 Å². The number of hydrogen-bond acceptors (Lipinski definition) is 4. The average molecular weight is 622 g/mol. The first-order valence-corrected chi connectivity index (χ1v) is 15.6. The predicted octanol–water partition coefficient (Wildman–Crippen LogP) is 5.84. The Hall–Kier alpha value is -4.21. The molecule has 224 valence electrons. The summed E-state index contributed by atoms with van der Waals surface area (Å²) in [4.78, 5) is 29.2. The fraction of sp³-hybridized carbons (Fsp3) is 0.212. The minimum absolute atomic E-state index is 0.0428. The highest BCUT2D eigenvalue weighted by Crippen LogP contribution is 2.27. The zero-order valence-corrected chi connectivity index (χ0v) is 25.4. The number of carbonyl (C=O) groups is 2. The minimum Gasteiger partial charge on any atom is -0.352 e. The lowest BCUT2D eigenvalue weighted by Gasteiger charge is -2.34. The van der Waals surface area contributed by atoms with Crippen molar-refractivity contribution >= 4 is 39.1 Å². The van der Waals surface area contributed by atoms with Crippen LogP contribution in [-0.4, -0.2) is 43.8 Å². The van der Waals surface area contributed by atoms with Gasteiger partial charge in [0.1, 0.15) is 18.4 Å². The minimum atomic E-state index is -4.38. The molecule has 4 aromatic carbocycles. The molecule has 0 aliphatic heterocycles. The molecule has 1 N–H and O–H groups in total. The molecule has 0 heterocycles. The number of amides is 2. The molecular formula is C33H33ClFN3O4S. The first kappa shape index (κ1) is 31.7. The van der Waals surface area contributed by atoms with E-state index in [0.717, 1.165) is 15.9 Å². The molecule has 2 amide bonds. The molecule has 0 spiro atoms. The summed E-state index contributed by atoms with van der Waals surface area (Å²) in [5.41, 5.74) is 1.16. The van der Waals surface area contributed by atoms with Gasteiger partial charge in [-0.3, -0.25) is 13.9 Å². The third-order valence-corrected chi connectivity index (χ3v) is 8.68. The molecule has 0 saturated carbocycles. The monoisotopic (exact) mass is 621 g/mol. The standard InChI is InChI=1S/C33H33ClFN3O4S/c1-24(2)36-33(40)31(21-25-12-5-3-6-13-25)37(22-26-14-11-15-27(34)20-26)32(39)23-38(30-19-10-9-18-29(30)35)43(41,42)28-16-7-4-8-17-28/h3-20,24,31H,21-23H2,1-2H3,(H,36,40)/t31-/m1/s1. The van der Waals surface area contributed by atoms with Crippen molar-refractivity contribution in [2.24, 2.45) is 0 Å². The third-order valence-electron chi connectivity index (χ3n) is 6.68. The molecule has 0 saturated heterocycles. The summed E-state index contributed by atoms with van der Waals surface area (Å²) in [6.07, 6.45) is 0.164. The van der Waals surface area contributed by atoms with Crippen molar-refractivity contribution in [1.82, 2.24) is 10.2 Å². The smallest absolute Gasteiger partial charge is 0.264 e. The van der Waals surface area contributed by atoms with Crippen LogP contribution in [0.15, 0.2) is 114 Å². The summed E-state index contributed by atoms with van der Waals surface area (Å²) in [6.45, 7) is 2.83. The highest BCUT2D eigenvalue weighted by atomic mass is 35.5. The molecule has 0 radical (unpaired) electrons. The van der Waals surface area contributed by atoms with Crippen molar-refractivity contribution in [3.63, 3.8) is 0 Å². The molecule has 4 aromatic rings. The molecule has 0 aliphatic rings. The van der Waals surface area contributed by atoms with Gasteiger partial charge in [-0.25, -0.2) is 12.8 Å². The van der Waals surface area contributed by atoms with E-state index in [4.69, 9.17) is 11.6 Å². The van der Waals surface area contributed by atoms with Crippen LogP contribution < -0.4 is 9.62 Å². The molecule has 4 rings (SSSR count). The van der Waals surface area contributed by atoms with Crippen LogP contribution >= 0.6 is 11.6 Å². The van der Waals surface area contributed by atoms with Gasteiger partial charge in [-0.15, -0.1) is 0 Å². The van der Waals surface area contributed by atoms with Crippen LogP contribution in [0, 0.1) is 5.82 Å². The Morgan fingerprint density at radius 3 is 2.07 bits per heavy atom. The van der Waals surface area contributed by atoms with Crippen LogP contribution in [0.2, 0.25) is 5.02 Å². The normalized spacial score (nSPS) is 12.0. The molecule has 7 nitrogen and oxygen atoms in total. The molecule has 43 heavy (non-hydrogen) atoms. The number of benzene rings is 4. The summed E-state index contributed by atoms with van der Waals surface area (Å²) < 4.78 is 43.6. The molecule has 0 aromatic heterocycles. The number of halogens is 2. The van der Waals surface area contributed by atoms with Crippen molar-refractivity contribution < 1.29 is 22.4 Å². The lowest BCUT2D eigenvalue weighted by molar-refractivity contribution is -0.140. The zero-order chi connectivity index (χ0) is 31.0. The van der Waals surface area contributed by atoms with Gasteiger partial charge in [-0.05, 0) is 61.4 Å². The van der Waals surface area contributed by atoms with Crippen molar-refractivity contribution in [3.8, 4) is 0 Å². The highest BCUT2D eigenvalue weighted by Gasteiger charge is 2.35. The molecule has 0 unspecified atom stereocenters. The van der Waals surface area contributed by atoms with Gasteiger partial charge in [0.05, 0.1) is 10.6 Å². The van der Waals surface area contributed by atoms with Crippen molar-refractivity contribution in [2.45, 2.75) is 43.8 Å². The Morgan fingerprint density at radius 2 is 1.44 bits per heavy atom. The quantitative estimate of drug-likeness (QED) is 0.215. The van der Waals surface area contributed by atoms with E-state index in [9.17, 15) is 18.0 Å². The fourth-order valence-corrected chi connectivity index (χ4v) is 6.31. The second-order valence-corrected chi connectivity index (χ2v) is 12.6. The van der Waals surface area contributed by atoms with E-state index < -0.39 is 40.2 Å². The number of carbonyl (C=O) groups excluding carboxylic acids is 2. The fourth-order valence-electron chi connectivity index (χ4n) is 4.65. The summed E-state index contributed by atoms with van der Waals surface area (Å²) in [5.74, 6) is -1.91. The number of sulfonamides is 1. The summed E-state index contributed by atoms with van der Waals surface area (Å²) in [7, 11) is -4.38. The Kier molecular flexibility index (Phi) is 10.6. The van der Waals surface area contributed by atoms with Gasteiger partial charge in [-0.1, -0.05) is 84.4 Å². The van der Waals surface area contributed by atoms with Gasteiger partial charge < -0.3 is 10.2 Å². The van der Waals surface area contributed by atoms with Gasteiger partial charge in [0, 0.05) is 24.0 Å². The summed E-state index contributed by atoms with van der Waals surface area (Å²) in [5, 5.41) is 3.34. The van der Waals surface area contributed by atoms with E-state index in [0.29, 0.717) is 10.6 Å². The van der Waals surface area contributed by atoms with Crippen LogP contribution in [0.3, 0.4) is 0 Å². The number of anilines is 1. The zero-order valence-electron chi connectivity index (χ0n) is 23.9. The molecule has 10 heteroatoms. The van der Waals surface area contributed by atoms with Crippen molar-refractivity contribution in [1.29, 1.82) is 0 Å². The Bertz CT molecular complexity index is 1650. The van der Waals surface area contributed by atoms with E-state index in [1.165, 1.54) is 35.2 Å². The maximum Gasteiger partial charge on any atom is 0.264 e. The van der Waals surface area contributed by atoms with E-state index in [-0.39, 0.29) is 29.6 Å². The topological polar surface area (TPSA) is 86.8 Å². The molecule has 1 atom stereocenters. The maximum absolute atomic E-state index is 15.1. The van der Waals surface area contributed by atoms with Crippen molar-refractivity contribution in [3.05, 3.63) is 131 Å². The Balaban J connectivity index is 1.81. The summed E-state index contributed by atoms with van der Waals surface area (Å²) >= 11 is 6.25. The largest absolute Gasteiger partial charge is 0.352 e. The van der Waals surface area contributed by atoms with Gasteiger partial charge in [0.2, 0.25) is 11.8 Å². The number of nitrogens with one attached hydrogen (secondary N) is 1. The van der Waals surface area contributed by atoms with E-state index in [2.05, 4.69) is 5.32 Å². The lowest BCUT2D eigenvalue weighted by Crippen LogP contribution is -2.54. The van der Waals surface area contributed by atoms with Crippen molar-refractivity contribution in [2.75, 3.05) is 10.8 Å². The number of para-hydroxylation sites is 1. The SMILES string of the molecule is CC(C)NC(=O)[C@@H](Cc1ccccc1)N(Cc1cccc(Cl)c1)C(=O)CN(c1ccccc1F)S(=O)(=O)c1ccccc1. The Labute approximate surface area is 257 Å². The van der Waals surface area contributed by atoms with Gasteiger partial charge >= 0.3 is 0 Å². The van der Waals surface area contributed by atoms with Crippen LogP contribution in [0.25, 0.3) is 0 Å². The Morgan fingerprint density at radius 1 is 0.837 bits per heavy atom.